The first-order valence-electron chi connectivity index (χ1n) is 2.22. The number of carbonyl (C=O) groups excluding carboxylic acids is 3. The number of rotatable bonds is 0. The van der Waals surface area contributed by atoms with Crippen LogP contribution in [0.3, 0.4) is 0 Å². The number of ether oxygens (including phenoxy) is 2. The third-order valence-electron chi connectivity index (χ3n) is 0.782. The maximum Gasteiger partial charge on any atom is 0.524 e. The number of carbonyl (C=O) groups is 3. The van der Waals surface area contributed by atoms with Gasteiger partial charge in [-0.05, 0) is 0 Å². The molecule has 0 saturated carbocycles. The number of alkyl halides is 1. The molecule has 1 heterocycles. The van der Waals surface area contributed by atoms with Crippen LogP contribution >= 0.6 is 0 Å². The van der Waals surface area contributed by atoms with E-state index in [-0.39, 0.29) is 0 Å². The molecule has 0 radical (unpaired) electrons. The van der Waals surface area contributed by atoms with Gasteiger partial charge in [0.1, 0.15) is 0 Å². The van der Waals surface area contributed by atoms with Crippen molar-refractivity contribution in [1.29, 1.82) is 0 Å². The summed E-state index contributed by atoms with van der Waals surface area (Å²) in [6, 6.07) is 0. The fraction of sp³-hybridized carbons (Fsp3) is 0.250. The molecule has 0 aromatic heterocycles. The third-order valence-corrected chi connectivity index (χ3v) is 0.782. The summed E-state index contributed by atoms with van der Waals surface area (Å²) in [5, 5.41) is 0. The summed E-state index contributed by atoms with van der Waals surface area (Å²) >= 11 is 0. The Hall–Kier alpha value is -1.46. The number of hydrogen-bond donors (Lipinski definition) is 0. The van der Waals surface area contributed by atoms with E-state index < -0.39 is 24.3 Å². The Labute approximate surface area is 53.7 Å². The van der Waals surface area contributed by atoms with Gasteiger partial charge in [-0.3, -0.25) is 0 Å². The highest BCUT2D eigenvalue weighted by Gasteiger charge is 2.38. The molecule has 1 fully saturated rings. The normalized spacial score (nSPS) is 20.3. The summed E-state index contributed by atoms with van der Waals surface area (Å²) in [6.45, 7) is 0. The zero-order chi connectivity index (χ0) is 7.72. The molecule has 0 aromatic carbocycles. The first kappa shape index (κ1) is 6.66. The highest BCUT2D eigenvalue weighted by Crippen LogP contribution is 2.06. The van der Waals surface area contributed by atoms with Gasteiger partial charge in [0.2, 0.25) is 0 Å². The van der Waals surface area contributed by atoms with Gasteiger partial charge in [0.15, 0.2) is 0 Å². The van der Waals surface area contributed by atoms with Crippen molar-refractivity contribution in [2.75, 3.05) is 0 Å². The van der Waals surface area contributed by atoms with Crippen LogP contribution in [0.25, 0.3) is 0 Å². The van der Waals surface area contributed by atoms with Crippen LogP contribution in [0.2, 0.25) is 0 Å². The molecule has 5 nitrogen and oxygen atoms in total. The monoisotopic (exact) mass is 148 g/mol. The van der Waals surface area contributed by atoms with Crippen molar-refractivity contribution >= 4 is 18.1 Å². The van der Waals surface area contributed by atoms with Crippen molar-refractivity contribution < 1.29 is 28.2 Å². The predicted octanol–water partition coefficient (Wildman–Crippen LogP) is -0.456. The average Bonchev–Trinajstić information content (AvgIpc) is 1.82. The van der Waals surface area contributed by atoms with Crippen molar-refractivity contribution in [3.05, 3.63) is 0 Å². The molecule has 0 bridgehead atoms. The van der Waals surface area contributed by atoms with E-state index >= 15 is 0 Å². The van der Waals surface area contributed by atoms with Gasteiger partial charge in [-0.25, -0.2) is 18.8 Å². The number of cyclic esters (lactones) is 4. The highest BCUT2D eigenvalue weighted by atomic mass is 19.1. The first-order chi connectivity index (χ1) is 4.61. The minimum Gasteiger partial charge on any atom is -0.357 e. The number of hydrogen-bond acceptors (Lipinski definition) is 5. The second kappa shape index (κ2) is 2.05. The molecule has 1 rings (SSSR count). The van der Waals surface area contributed by atoms with Crippen LogP contribution in [0.1, 0.15) is 0 Å². The van der Waals surface area contributed by atoms with Crippen LogP contribution in [0, 0.1) is 0 Å². The molecule has 0 aliphatic carbocycles. The fourth-order valence-corrected chi connectivity index (χ4v) is 0.385. The molecule has 1 saturated heterocycles. The lowest BCUT2D eigenvalue weighted by Crippen LogP contribution is -2.38. The van der Waals surface area contributed by atoms with Gasteiger partial charge in [-0.15, -0.1) is 0 Å². The van der Waals surface area contributed by atoms with E-state index in [9.17, 15) is 18.8 Å². The van der Waals surface area contributed by atoms with E-state index in [2.05, 4.69) is 9.47 Å². The predicted molar refractivity (Wildman–Crippen MR) is 22.5 cm³/mol. The van der Waals surface area contributed by atoms with Crippen molar-refractivity contribution in [3.8, 4) is 0 Å². The Morgan fingerprint density at radius 2 is 1.50 bits per heavy atom. The Morgan fingerprint density at radius 3 is 1.90 bits per heavy atom. The molecule has 54 valence electrons. The minimum atomic E-state index is -2.49. The van der Waals surface area contributed by atoms with Crippen molar-refractivity contribution in [3.63, 3.8) is 0 Å². The summed E-state index contributed by atoms with van der Waals surface area (Å²) < 4.78 is 19.2. The summed E-state index contributed by atoms with van der Waals surface area (Å²) in [5.41, 5.74) is 0. The van der Waals surface area contributed by atoms with E-state index in [1.165, 1.54) is 0 Å². The summed E-state index contributed by atoms with van der Waals surface area (Å²) in [5.74, 6) is -3.05. The van der Waals surface area contributed by atoms with Gasteiger partial charge in [0.05, 0.1) is 0 Å². The Bertz CT molecular complexity index is 190. The molecule has 0 aromatic rings. The van der Waals surface area contributed by atoms with E-state index in [0.29, 0.717) is 0 Å². The molecular weight excluding hydrogens is 147 g/mol. The molecule has 1 aliphatic heterocycles. The lowest BCUT2D eigenvalue weighted by Gasteiger charge is -2.10. The second-order valence-corrected chi connectivity index (χ2v) is 1.45. The fourth-order valence-electron chi connectivity index (χ4n) is 0.385. The second-order valence-electron chi connectivity index (χ2n) is 1.45. The largest absolute Gasteiger partial charge is 0.524 e. The van der Waals surface area contributed by atoms with Crippen LogP contribution in [-0.2, 0) is 19.1 Å². The summed E-state index contributed by atoms with van der Waals surface area (Å²) in [4.78, 5) is 30.2. The van der Waals surface area contributed by atoms with Gasteiger partial charge < -0.3 is 9.47 Å². The molecule has 0 N–H and O–H groups in total. The maximum atomic E-state index is 12.0. The van der Waals surface area contributed by atoms with Crippen molar-refractivity contribution in [1.82, 2.24) is 0 Å². The van der Waals surface area contributed by atoms with Gasteiger partial charge in [0.25, 0.3) is 6.17 Å². The molecule has 6 heteroatoms. The standard InChI is InChI=1S/C4HFO5/c5-1-2(6)9-4(8)10-3(1)7/h1H. The third kappa shape index (κ3) is 0.949. The van der Waals surface area contributed by atoms with Crippen molar-refractivity contribution in [2.24, 2.45) is 0 Å². The van der Waals surface area contributed by atoms with E-state index in [1.54, 1.807) is 0 Å². The van der Waals surface area contributed by atoms with E-state index in [0.717, 1.165) is 0 Å². The smallest absolute Gasteiger partial charge is 0.357 e. The van der Waals surface area contributed by atoms with Crippen LogP contribution in [0.4, 0.5) is 9.18 Å². The van der Waals surface area contributed by atoms with Crippen LogP contribution < -0.4 is 0 Å². The van der Waals surface area contributed by atoms with Gasteiger partial charge >= 0.3 is 18.1 Å². The molecule has 10 heavy (non-hydrogen) atoms. The lowest BCUT2D eigenvalue weighted by molar-refractivity contribution is -0.167. The first-order valence-corrected chi connectivity index (χ1v) is 2.22. The molecule has 0 unspecified atom stereocenters. The SMILES string of the molecule is O=C1OC(=O)C(F)C(=O)O1. The maximum absolute atomic E-state index is 12.0. The Morgan fingerprint density at radius 1 is 1.10 bits per heavy atom. The van der Waals surface area contributed by atoms with Crippen molar-refractivity contribution in [2.45, 2.75) is 6.17 Å². The zero-order valence-corrected chi connectivity index (χ0v) is 4.50. The molecule has 1 aliphatic rings. The van der Waals surface area contributed by atoms with E-state index in [1.807, 2.05) is 0 Å². The average molecular weight is 148 g/mol. The van der Waals surface area contributed by atoms with Gasteiger partial charge in [0, 0.05) is 0 Å². The summed E-state index contributed by atoms with van der Waals surface area (Å²) in [6.07, 6.45) is -3.97. The molecular formula is C4HFO5. The van der Waals surface area contributed by atoms with Crippen LogP contribution in [0.15, 0.2) is 0 Å². The molecule has 0 atom stereocenters. The highest BCUT2D eigenvalue weighted by molar-refractivity contribution is 6.07. The van der Waals surface area contributed by atoms with Gasteiger partial charge in [-0.2, -0.15) is 0 Å². The Kier molecular flexibility index (Phi) is 1.37. The minimum absolute atomic E-state index is 1.48. The topological polar surface area (TPSA) is 69.7 Å². The zero-order valence-electron chi connectivity index (χ0n) is 4.50. The van der Waals surface area contributed by atoms with E-state index in [4.69, 9.17) is 0 Å². The van der Waals surface area contributed by atoms with Crippen LogP contribution in [-0.4, -0.2) is 24.3 Å². The Balaban J connectivity index is 2.76. The molecule has 0 amide bonds. The van der Waals surface area contributed by atoms with Gasteiger partial charge in [-0.1, -0.05) is 0 Å². The molecule has 0 spiro atoms. The summed E-state index contributed by atoms with van der Waals surface area (Å²) in [7, 11) is 0. The number of halogens is 1. The quantitative estimate of drug-likeness (QED) is 0.343. The number of esters is 2. The lowest BCUT2D eigenvalue weighted by atomic mass is 10.4. The van der Waals surface area contributed by atoms with Crippen LogP contribution in [0.5, 0.6) is 0 Å².